The van der Waals surface area contributed by atoms with Gasteiger partial charge in [0, 0.05) is 21.9 Å². The van der Waals surface area contributed by atoms with Crippen molar-refractivity contribution in [2.45, 2.75) is 49.3 Å². The molecule has 0 aliphatic carbocycles. The number of unbranched alkanes of at least 4 members (excludes halogenated alkanes) is 3. The maximum absolute atomic E-state index is 11.3. The topological polar surface area (TPSA) is 20.3 Å². The summed E-state index contributed by atoms with van der Waals surface area (Å²) in [4.78, 5) is 16.2. The number of nitrogens with zero attached hydrogens (tertiary/aromatic N) is 1. The molecule has 0 N–H and O–H groups in total. The van der Waals surface area contributed by atoms with E-state index in [-0.39, 0.29) is 0 Å². The van der Waals surface area contributed by atoms with Gasteiger partial charge in [0.05, 0.1) is 11.4 Å². The fraction of sp³-hybridized carbons (Fsp3) is 0.269. The maximum atomic E-state index is 11.3. The second kappa shape index (κ2) is 8.87. The molecular formula is C26H27NOS. The third kappa shape index (κ3) is 4.25. The van der Waals surface area contributed by atoms with Crippen LogP contribution in [0.5, 0.6) is 0 Å². The van der Waals surface area contributed by atoms with E-state index in [0.717, 1.165) is 18.4 Å². The lowest BCUT2D eigenvalue weighted by Crippen LogP contribution is -2.22. The van der Waals surface area contributed by atoms with Crippen LogP contribution in [0.3, 0.4) is 0 Å². The molecule has 3 aromatic rings. The number of hydrogen-bond donors (Lipinski definition) is 0. The highest BCUT2D eigenvalue weighted by Gasteiger charge is 2.24. The summed E-state index contributed by atoms with van der Waals surface area (Å²) in [5.74, 6) is 0. The van der Waals surface area contributed by atoms with Crippen LogP contribution in [0.2, 0.25) is 0 Å². The summed E-state index contributed by atoms with van der Waals surface area (Å²) >= 11 is 1.77. The quantitative estimate of drug-likeness (QED) is 0.299. The van der Waals surface area contributed by atoms with Gasteiger partial charge in [-0.1, -0.05) is 73.8 Å². The monoisotopic (exact) mass is 401 g/mol. The Morgan fingerprint density at radius 3 is 2.24 bits per heavy atom. The molecule has 0 radical (unpaired) electrons. The number of rotatable bonds is 7. The molecule has 0 saturated carbocycles. The van der Waals surface area contributed by atoms with Crippen LogP contribution in [0.15, 0.2) is 70.5 Å². The van der Waals surface area contributed by atoms with Crippen molar-refractivity contribution in [1.29, 1.82) is 0 Å². The lowest BCUT2D eigenvalue weighted by molar-refractivity contribution is 0.112. The van der Waals surface area contributed by atoms with Gasteiger partial charge in [0.1, 0.15) is 6.29 Å². The third-order valence-corrected chi connectivity index (χ3v) is 6.60. The van der Waals surface area contributed by atoms with E-state index >= 15 is 0 Å². The summed E-state index contributed by atoms with van der Waals surface area (Å²) in [6.07, 6.45) is 5.88. The Kier molecular flexibility index (Phi) is 6.05. The molecule has 2 nitrogen and oxygen atoms in total. The minimum absolute atomic E-state index is 0.736. The normalized spacial score (nSPS) is 12.4. The van der Waals surface area contributed by atoms with Crippen molar-refractivity contribution in [1.82, 2.24) is 0 Å². The molecule has 29 heavy (non-hydrogen) atoms. The molecule has 4 rings (SSSR count). The van der Waals surface area contributed by atoms with E-state index in [1.54, 1.807) is 11.8 Å². The van der Waals surface area contributed by atoms with E-state index in [1.807, 2.05) is 12.1 Å². The summed E-state index contributed by atoms with van der Waals surface area (Å²) in [5, 5.41) is 0. The molecule has 0 amide bonds. The van der Waals surface area contributed by atoms with Crippen LogP contribution in [0.1, 0.15) is 48.5 Å². The number of anilines is 2. The van der Waals surface area contributed by atoms with Gasteiger partial charge in [-0.15, -0.1) is 0 Å². The molecule has 0 atom stereocenters. The van der Waals surface area contributed by atoms with Gasteiger partial charge in [-0.3, -0.25) is 4.79 Å². The Morgan fingerprint density at radius 1 is 0.828 bits per heavy atom. The average molecular weight is 402 g/mol. The van der Waals surface area contributed by atoms with Crippen molar-refractivity contribution < 1.29 is 4.79 Å². The summed E-state index contributed by atoms with van der Waals surface area (Å²) in [6.45, 7) is 5.37. The summed E-state index contributed by atoms with van der Waals surface area (Å²) < 4.78 is 0. The van der Waals surface area contributed by atoms with Gasteiger partial charge >= 0.3 is 0 Å². The second-order valence-corrected chi connectivity index (χ2v) is 8.79. The van der Waals surface area contributed by atoms with Crippen molar-refractivity contribution in [2.75, 3.05) is 11.4 Å². The van der Waals surface area contributed by atoms with Crippen molar-refractivity contribution >= 4 is 29.4 Å². The first-order valence-electron chi connectivity index (χ1n) is 10.5. The van der Waals surface area contributed by atoms with Crippen molar-refractivity contribution in [3.63, 3.8) is 0 Å². The molecule has 0 spiro atoms. The van der Waals surface area contributed by atoms with E-state index in [4.69, 9.17) is 0 Å². The molecule has 3 aromatic carbocycles. The van der Waals surface area contributed by atoms with Crippen LogP contribution in [-0.2, 0) is 0 Å². The lowest BCUT2D eigenvalue weighted by Gasteiger charge is -2.33. The lowest BCUT2D eigenvalue weighted by atomic mass is 10.0. The highest BCUT2D eigenvalue weighted by Crippen LogP contribution is 2.49. The van der Waals surface area contributed by atoms with E-state index in [2.05, 4.69) is 67.3 Å². The molecule has 1 heterocycles. The zero-order valence-electron chi connectivity index (χ0n) is 17.2. The van der Waals surface area contributed by atoms with Gasteiger partial charge in [0.2, 0.25) is 0 Å². The Hall–Kier alpha value is -2.52. The van der Waals surface area contributed by atoms with Crippen LogP contribution in [0, 0.1) is 6.92 Å². The minimum atomic E-state index is 0.736. The predicted octanol–water partition coefficient (Wildman–Crippen LogP) is 7.66. The molecule has 0 fully saturated rings. The van der Waals surface area contributed by atoms with Crippen LogP contribution in [0.25, 0.3) is 11.1 Å². The summed E-state index contributed by atoms with van der Waals surface area (Å²) in [6, 6.07) is 21.5. The molecule has 0 bridgehead atoms. The predicted molar refractivity (Wildman–Crippen MR) is 124 cm³/mol. The molecule has 0 saturated heterocycles. The molecule has 1 aliphatic heterocycles. The average Bonchev–Trinajstić information content (AvgIpc) is 2.75. The molecule has 0 aromatic heterocycles. The molecule has 148 valence electrons. The Balaban J connectivity index is 1.71. The van der Waals surface area contributed by atoms with Gasteiger partial charge in [-0.25, -0.2) is 0 Å². The maximum Gasteiger partial charge on any atom is 0.150 e. The van der Waals surface area contributed by atoms with Crippen molar-refractivity contribution in [2.24, 2.45) is 0 Å². The number of fused-ring (bicyclic) bond motifs is 2. The Morgan fingerprint density at radius 2 is 1.52 bits per heavy atom. The van der Waals surface area contributed by atoms with Crippen LogP contribution >= 0.6 is 11.8 Å². The Bertz CT molecular complexity index is 1010. The standard InChI is InChI=1S/C26H27NOS/c1-3-4-5-6-15-27-23-13-9-20(18-28)16-25(23)29-26-17-22(12-14-24(26)27)21-10-7-19(2)8-11-21/h7-14,16-18H,3-6,15H2,1-2H3. The van der Waals surface area contributed by atoms with Gasteiger partial charge in [-0.05, 0) is 54.8 Å². The molecule has 1 aliphatic rings. The van der Waals surface area contributed by atoms with Crippen molar-refractivity contribution in [3.8, 4) is 11.1 Å². The van der Waals surface area contributed by atoms with Gasteiger partial charge in [0.25, 0.3) is 0 Å². The number of hydrogen-bond acceptors (Lipinski definition) is 3. The van der Waals surface area contributed by atoms with E-state index in [1.165, 1.54) is 63.5 Å². The molecule has 3 heteroatoms. The van der Waals surface area contributed by atoms with E-state index in [9.17, 15) is 4.79 Å². The first-order valence-corrected chi connectivity index (χ1v) is 11.3. The zero-order chi connectivity index (χ0) is 20.2. The summed E-state index contributed by atoms with van der Waals surface area (Å²) in [5.41, 5.74) is 6.97. The fourth-order valence-corrected chi connectivity index (χ4v) is 5.02. The van der Waals surface area contributed by atoms with E-state index in [0.29, 0.717) is 0 Å². The van der Waals surface area contributed by atoms with Crippen LogP contribution in [-0.4, -0.2) is 12.8 Å². The van der Waals surface area contributed by atoms with Crippen LogP contribution < -0.4 is 4.90 Å². The second-order valence-electron chi connectivity index (χ2n) is 7.71. The first kappa shape index (κ1) is 19.8. The highest BCUT2D eigenvalue weighted by molar-refractivity contribution is 7.99. The SMILES string of the molecule is CCCCCCN1c2ccc(C=O)cc2Sc2cc(-c3ccc(C)cc3)ccc21. The minimum Gasteiger partial charge on any atom is -0.340 e. The van der Waals surface area contributed by atoms with Gasteiger partial charge in [-0.2, -0.15) is 0 Å². The molecule has 0 unspecified atom stereocenters. The van der Waals surface area contributed by atoms with E-state index < -0.39 is 0 Å². The number of aldehydes is 1. The highest BCUT2D eigenvalue weighted by atomic mass is 32.2. The van der Waals surface area contributed by atoms with Crippen molar-refractivity contribution in [3.05, 3.63) is 71.8 Å². The van der Waals surface area contributed by atoms with Crippen LogP contribution in [0.4, 0.5) is 11.4 Å². The number of aryl methyl sites for hydroxylation is 1. The third-order valence-electron chi connectivity index (χ3n) is 5.50. The summed E-state index contributed by atoms with van der Waals surface area (Å²) in [7, 11) is 0. The Labute approximate surface area is 178 Å². The zero-order valence-corrected chi connectivity index (χ0v) is 18.0. The molecular weight excluding hydrogens is 374 g/mol. The first-order chi connectivity index (χ1) is 14.2. The van der Waals surface area contributed by atoms with Gasteiger partial charge < -0.3 is 4.90 Å². The largest absolute Gasteiger partial charge is 0.340 e. The number of carbonyl (C=O) groups is 1. The van der Waals surface area contributed by atoms with Gasteiger partial charge in [0.15, 0.2) is 0 Å². The number of carbonyl (C=O) groups excluding carboxylic acids is 1. The smallest absolute Gasteiger partial charge is 0.150 e. The number of benzene rings is 3. The fourth-order valence-electron chi connectivity index (χ4n) is 3.84.